The van der Waals surface area contributed by atoms with Gasteiger partial charge in [-0.15, -0.1) is 0 Å². The van der Waals surface area contributed by atoms with Crippen molar-refractivity contribution in [2.45, 2.75) is 0 Å². The number of aromatic nitrogens is 2. The molecule has 0 bridgehead atoms. The lowest BCUT2D eigenvalue weighted by molar-refractivity contribution is 1.32. The van der Waals surface area contributed by atoms with Crippen molar-refractivity contribution in [1.82, 2.24) is 9.97 Å². The Morgan fingerprint density at radius 1 is 0.594 bits per heavy atom. The normalized spacial score (nSPS) is 11.5. The van der Waals surface area contributed by atoms with Crippen molar-refractivity contribution in [1.29, 1.82) is 0 Å². The summed E-state index contributed by atoms with van der Waals surface area (Å²) in [6.45, 7) is 0. The fourth-order valence-corrected chi connectivity index (χ4v) is 3.82. The van der Waals surface area contributed by atoms with Gasteiger partial charge in [-0.3, -0.25) is 20.0 Å². The molecule has 32 heavy (non-hydrogen) atoms. The van der Waals surface area contributed by atoms with Crippen LogP contribution in [0.1, 0.15) is 11.1 Å². The number of halogens is 4. The summed E-state index contributed by atoms with van der Waals surface area (Å²) in [5.74, 6) is 0. The van der Waals surface area contributed by atoms with Gasteiger partial charge in [0.25, 0.3) is 0 Å². The second-order valence-corrected chi connectivity index (χ2v) is 8.28. The Kier molecular flexibility index (Phi) is 7.18. The molecule has 0 fully saturated rings. The van der Waals surface area contributed by atoms with E-state index in [1.54, 1.807) is 61.5 Å². The number of hydrogen-bond donors (Lipinski definition) is 0. The largest absolute Gasteiger partial charge is 0.264 e. The minimum atomic E-state index is 0.426. The predicted molar refractivity (Wildman–Crippen MR) is 135 cm³/mol. The van der Waals surface area contributed by atoms with E-state index in [2.05, 4.69) is 20.0 Å². The van der Waals surface area contributed by atoms with E-state index in [0.717, 1.165) is 11.1 Å². The summed E-state index contributed by atoms with van der Waals surface area (Å²) in [6, 6.07) is 14.2. The summed E-state index contributed by atoms with van der Waals surface area (Å²) in [6.07, 6.45) is 10.1. The maximum absolute atomic E-state index is 6.54. The van der Waals surface area contributed by atoms with E-state index in [0.29, 0.717) is 42.6 Å². The van der Waals surface area contributed by atoms with E-state index in [9.17, 15) is 0 Å². The van der Waals surface area contributed by atoms with Crippen LogP contribution in [-0.2, 0) is 0 Å². The van der Waals surface area contributed by atoms with Gasteiger partial charge in [0.15, 0.2) is 0 Å². The minimum Gasteiger partial charge on any atom is -0.264 e. The zero-order valence-corrected chi connectivity index (χ0v) is 19.4. The molecule has 4 nitrogen and oxygen atoms in total. The Morgan fingerprint density at radius 3 is 1.41 bits per heavy atom. The first-order valence-electron chi connectivity index (χ1n) is 9.38. The summed E-state index contributed by atoms with van der Waals surface area (Å²) < 4.78 is 0. The first-order chi connectivity index (χ1) is 15.5. The van der Waals surface area contributed by atoms with Crippen LogP contribution in [0.25, 0.3) is 11.1 Å². The summed E-state index contributed by atoms with van der Waals surface area (Å²) in [5, 5.41) is 1.74. The number of hydrogen-bond acceptors (Lipinski definition) is 4. The van der Waals surface area contributed by atoms with Crippen molar-refractivity contribution in [3.05, 3.63) is 105 Å². The molecule has 2 heterocycles. The van der Waals surface area contributed by atoms with Crippen LogP contribution in [0.5, 0.6) is 0 Å². The highest BCUT2D eigenvalue weighted by Gasteiger charge is 2.14. The van der Waals surface area contributed by atoms with Crippen LogP contribution in [0, 0.1) is 0 Å². The van der Waals surface area contributed by atoms with Gasteiger partial charge in [-0.1, -0.05) is 58.5 Å². The number of nitrogens with zero attached hydrogens (tertiary/aromatic N) is 4. The molecular formula is C24H14Cl4N4. The Labute approximate surface area is 205 Å². The Bertz CT molecular complexity index is 1200. The molecule has 158 valence electrons. The van der Waals surface area contributed by atoms with Gasteiger partial charge in [-0.2, -0.15) is 0 Å². The van der Waals surface area contributed by atoms with Gasteiger partial charge in [-0.25, -0.2) is 0 Å². The molecule has 2 aromatic carbocycles. The standard InChI is InChI=1S/C24H14Cl4N4/c25-19-9-23(31-13-15-3-1-5-29-11-15)21(27)7-17(19)18-8-22(28)24(10-20(18)26)32-14-16-4-2-6-30-12-16/h1-14H. The number of rotatable bonds is 5. The zero-order chi connectivity index (χ0) is 22.5. The average Bonchev–Trinajstić information content (AvgIpc) is 2.81. The van der Waals surface area contributed by atoms with E-state index in [4.69, 9.17) is 46.4 Å². The number of aliphatic imine (C=N–C) groups is 2. The van der Waals surface area contributed by atoms with Gasteiger partial charge in [-0.05, 0) is 36.4 Å². The highest BCUT2D eigenvalue weighted by Crippen LogP contribution is 2.42. The third kappa shape index (κ3) is 5.34. The van der Waals surface area contributed by atoms with Crippen molar-refractivity contribution >= 4 is 70.2 Å². The van der Waals surface area contributed by atoms with E-state index < -0.39 is 0 Å². The molecule has 4 aromatic rings. The molecule has 0 amide bonds. The van der Waals surface area contributed by atoms with Crippen LogP contribution in [0.15, 0.2) is 83.3 Å². The predicted octanol–water partition coefficient (Wildman–Crippen LogP) is 8.26. The fourth-order valence-electron chi connectivity index (χ4n) is 2.88. The first-order valence-corrected chi connectivity index (χ1v) is 10.9. The maximum atomic E-state index is 6.54. The molecule has 4 rings (SSSR count). The van der Waals surface area contributed by atoms with Gasteiger partial charge in [0.05, 0.1) is 31.5 Å². The molecule has 2 aromatic heterocycles. The van der Waals surface area contributed by atoms with Crippen molar-refractivity contribution in [2.75, 3.05) is 0 Å². The minimum absolute atomic E-state index is 0.426. The van der Waals surface area contributed by atoms with Gasteiger partial charge in [0, 0.05) is 59.5 Å². The van der Waals surface area contributed by atoms with E-state index in [-0.39, 0.29) is 0 Å². The number of benzene rings is 2. The number of pyridine rings is 2. The topological polar surface area (TPSA) is 50.5 Å². The first kappa shape index (κ1) is 22.4. The van der Waals surface area contributed by atoms with Crippen LogP contribution in [0.3, 0.4) is 0 Å². The molecule has 0 N–H and O–H groups in total. The zero-order valence-electron chi connectivity index (χ0n) is 16.4. The Morgan fingerprint density at radius 2 is 1.03 bits per heavy atom. The van der Waals surface area contributed by atoms with Crippen LogP contribution in [-0.4, -0.2) is 22.4 Å². The van der Waals surface area contributed by atoms with Crippen LogP contribution >= 0.6 is 46.4 Å². The fraction of sp³-hybridized carbons (Fsp3) is 0. The highest BCUT2D eigenvalue weighted by atomic mass is 35.5. The second-order valence-electron chi connectivity index (χ2n) is 6.66. The molecule has 0 radical (unpaired) electrons. The molecule has 8 heteroatoms. The van der Waals surface area contributed by atoms with Gasteiger partial charge in [0.1, 0.15) is 0 Å². The molecule has 0 atom stereocenters. The smallest absolute Gasteiger partial charge is 0.0831 e. The second kappa shape index (κ2) is 10.2. The van der Waals surface area contributed by atoms with Crippen LogP contribution in [0.4, 0.5) is 11.4 Å². The monoisotopic (exact) mass is 498 g/mol. The van der Waals surface area contributed by atoms with Gasteiger partial charge >= 0.3 is 0 Å². The quantitative estimate of drug-likeness (QED) is 0.259. The lowest BCUT2D eigenvalue weighted by Crippen LogP contribution is -1.86. The van der Waals surface area contributed by atoms with Crippen molar-refractivity contribution in [2.24, 2.45) is 9.98 Å². The van der Waals surface area contributed by atoms with Gasteiger partial charge in [0.2, 0.25) is 0 Å². The van der Waals surface area contributed by atoms with Crippen LogP contribution < -0.4 is 0 Å². The Balaban J connectivity index is 1.65. The summed E-state index contributed by atoms with van der Waals surface area (Å²) in [5.41, 5.74) is 4.05. The average molecular weight is 500 g/mol. The maximum Gasteiger partial charge on any atom is 0.0831 e. The third-order valence-corrected chi connectivity index (χ3v) is 5.67. The molecule has 0 saturated carbocycles. The molecule has 0 aliphatic rings. The molecule has 0 spiro atoms. The highest BCUT2D eigenvalue weighted by molar-refractivity contribution is 6.40. The third-order valence-electron chi connectivity index (χ3n) is 4.44. The van der Waals surface area contributed by atoms with E-state index in [1.165, 1.54) is 0 Å². The molecule has 0 aliphatic carbocycles. The molecule has 0 saturated heterocycles. The van der Waals surface area contributed by atoms with E-state index in [1.807, 2.05) is 24.3 Å². The van der Waals surface area contributed by atoms with Crippen molar-refractivity contribution in [3.63, 3.8) is 0 Å². The van der Waals surface area contributed by atoms with Crippen molar-refractivity contribution in [3.8, 4) is 11.1 Å². The summed E-state index contributed by atoms with van der Waals surface area (Å²) in [4.78, 5) is 16.9. The molecule has 0 unspecified atom stereocenters. The van der Waals surface area contributed by atoms with Crippen molar-refractivity contribution < 1.29 is 0 Å². The van der Waals surface area contributed by atoms with E-state index >= 15 is 0 Å². The van der Waals surface area contributed by atoms with Crippen LogP contribution in [0.2, 0.25) is 20.1 Å². The summed E-state index contributed by atoms with van der Waals surface area (Å²) >= 11 is 26.0. The molecule has 0 aliphatic heterocycles. The SMILES string of the molecule is Clc1cc(-c2cc(Cl)c(N=Cc3cccnc3)cc2Cl)c(Cl)cc1N=Cc1cccnc1. The molecular weight excluding hydrogens is 486 g/mol. The van der Waals surface area contributed by atoms with Gasteiger partial charge < -0.3 is 0 Å². The lowest BCUT2D eigenvalue weighted by Gasteiger charge is -2.11. The Hall–Kier alpha value is -2.76. The summed E-state index contributed by atoms with van der Waals surface area (Å²) in [7, 11) is 0. The lowest BCUT2D eigenvalue weighted by atomic mass is 10.0.